The summed E-state index contributed by atoms with van der Waals surface area (Å²) < 4.78 is 4.92. The predicted octanol–water partition coefficient (Wildman–Crippen LogP) is 14.2. The highest BCUT2D eigenvalue weighted by atomic mass is 15.0. The highest BCUT2D eigenvalue weighted by molar-refractivity contribution is 6.32. The average Bonchev–Trinajstić information content (AvgIpc) is 3.75. The lowest BCUT2D eigenvalue weighted by atomic mass is 9.90. The first-order valence-corrected chi connectivity index (χ1v) is 18.7. The highest BCUT2D eigenvalue weighted by Crippen LogP contribution is 2.44. The van der Waals surface area contributed by atoms with Gasteiger partial charge in [-0.05, 0) is 91.3 Å². The van der Waals surface area contributed by atoms with Crippen LogP contribution in [-0.4, -0.2) is 9.13 Å². The molecule has 2 heteroatoms. The molecule has 0 atom stereocenters. The third kappa shape index (κ3) is 4.05. The summed E-state index contributed by atoms with van der Waals surface area (Å²) in [5.41, 5.74) is 9.59. The van der Waals surface area contributed by atoms with Crippen molar-refractivity contribution in [3.8, 4) is 22.5 Å². The molecule has 54 heavy (non-hydrogen) atoms. The quantitative estimate of drug-likeness (QED) is 0.164. The second kappa shape index (κ2) is 11.2. The molecule has 0 bridgehead atoms. The Morgan fingerprint density at radius 1 is 0.241 bits per heavy atom. The van der Waals surface area contributed by atoms with Gasteiger partial charge in [0.25, 0.3) is 0 Å². The third-order valence-corrected chi connectivity index (χ3v) is 11.7. The van der Waals surface area contributed by atoms with Gasteiger partial charge in [-0.3, -0.25) is 0 Å². The van der Waals surface area contributed by atoms with Crippen molar-refractivity contribution >= 4 is 86.7 Å². The van der Waals surface area contributed by atoms with E-state index in [0.29, 0.717) is 0 Å². The number of hydrogen-bond donors (Lipinski definition) is 0. The second-order valence-corrected chi connectivity index (χ2v) is 14.5. The van der Waals surface area contributed by atoms with Crippen LogP contribution in [0.4, 0.5) is 0 Å². The predicted molar refractivity (Wildman–Crippen MR) is 231 cm³/mol. The number of benzene rings is 10. The zero-order valence-electron chi connectivity index (χ0n) is 29.4. The molecule has 0 N–H and O–H groups in total. The zero-order valence-corrected chi connectivity index (χ0v) is 29.4. The molecule has 0 aliphatic carbocycles. The van der Waals surface area contributed by atoms with E-state index in [1.165, 1.54) is 109 Å². The van der Waals surface area contributed by atoms with Gasteiger partial charge < -0.3 is 9.13 Å². The van der Waals surface area contributed by atoms with Crippen molar-refractivity contribution in [2.24, 2.45) is 0 Å². The highest BCUT2D eigenvalue weighted by Gasteiger charge is 2.20. The van der Waals surface area contributed by atoms with E-state index < -0.39 is 0 Å². The summed E-state index contributed by atoms with van der Waals surface area (Å²) in [4.78, 5) is 0. The second-order valence-electron chi connectivity index (χ2n) is 14.5. The topological polar surface area (TPSA) is 9.86 Å². The zero-order chi connectivity index (χ0) is 35.3. The standard InChI is InChI=1S/C52H32N2/c1-2-14-35(15-3-1)53-47-24-12-10-19-39(47)42-28-26-33(30-49(42)53)34-27-29-43-40-20-11-13-25-48(40)54(50(43)31-34)51-32-46-38-18-5-4-16-36(38)37-17-6-8-22-44(37)52(46)45-23-9-7-21-41(45)51/h1-32H. The molecule has 10 aromatic carbocycles. The molecule has 0 saturated carbocycles. The van der Waals surface area contributed by atoms with Gasteiger partial charge in [-0.15, -0.1) is 0 Å². The van der Waals surface area contributed by atoms with E-state index in [1.807, 2.05) is 0 Å². The van der Waals surface area contributed by atoms with Crippen LogP contribution in [0.3, 0.4) is 0 Å². The van der Waals surface area contributed by atoms with Gasteiger partial charge in [0.2, 0.25) is 0 Å². The summed E-state index contributed by atoms with van der Waals surface area (Å²) in [6.07, 6.45) is 0. The van der Waals surface area contributed by atoms with Gasteiger partial charge in [0.15, 0.2) is 0 Å². The van der Waals surface area contributed by atoms with Gasteiger partial charge in [-0.1, -0.05) is 152 Å². The molecule has 0 unspecified atom stereocenters. The number of para-hydroxylation sites is 3. The fourth-order valence-corrected chi connectivity index (χ4v) is 9.35. The lowest BCUT2D eigenvalue weighted by Crippen LogP contribution is -1.97. The van der Waals surface area contributed by atoms with Gasteiger partial charge in [-0.2, -0.15) is 0 Å². The van der Waals surface area contributed by atoms with Gasteiger partial charge in [0.1, 0.15) is 0 Å². The van der Waals surface area contributed by atoms with Gasteiger partial charge in [-0.25, -0.2) is 0 Å². The summed E-state index contributed by atoms with van der Waals surface area (Å²) in [6, 6.07) is 71.5. The van der Waals surface area contributed by atoms with Crippen molar-refractivity contribution in [2.45, 2.75) is 0 Å². The van der Waals surface area contributed by atoms with Crippen molar-refractivity contribution in [2.75, 3.05) is 0 Å². The number of aromatic nitrogens is 2. The van der Waals surface area contributed by atoms with E-state index in [4.69, 9.17) is 0 Å². The van der Waals surface area contributed by atoms with Crippen LogP contribution < -0.4 is 0 Å². The summed E-state index contributed by atoms with van der Waals surface area (Å²) in [7, 11) is 0. The van der Waals surface area contributed by atoms with Crippen molar-refractivity contribution in [1.82, 2.24) is 9.13 Å². The van der Waals surface area contributed by atoms with E-state index in [2.05, 4.69) is 203 Å². The first-order chi connectivity index (χ1) is 26.8. The minimum absolute atomic E-state index is 1.17. The fourth-order valence-electron chi connectivity index (χ4n) is 9.35. The average molecular weight is 685 g/mol. The molecule has 0 spiro atoms. The number of hydrogen-bond acceptors (Lipinski definition) is 0. The summed E-state index contributed by atoms with van der Waals surface area (Å²) in [5, 5.41) is 15.3. The molecular formula is C52H32N2. The fraction of sp³-hybridized carbons (Fsp3) is 0. The maximum Gasteiger partial charge on any atom is 0.0547 e. The first-order valence-electron chi connectivity index (χ1n) is 18.7. The van der Waals surface area contributed by atoms with E-state index in [0.717, 1.165) is 0 Å². The molecule has 0 aliphatic rings. The Balaban J connectivity index is 1.17. The van der Waals surface area contributed by atoms with Crippen molar-refractivity contribution in [3.63, 3.8) is 0 Å². The van der Waals surface area contributed by atoms with E-state index in [1.54, 1.807) is 0 Å². The number of rotatable bonds is 3. The maximum atomic E-state index is 2.51. The molecule has 2 heterocycles. The summed E-state index contributed by atoms with van der Waals surface area (Å²) in [5.74, 6) is 0. The normalized spacial score (nSPS) is 12.1. The Morgan fingerprint density at radius 3 is 1.26 bits per heavy atom. The van der Waals surface area contributed by atoms with Crippen LogP contribution in [0.2, 0.25) is 0 Å². The molecule has 12 aromatic rings. The Bertz CT molecular complexity index is 3490. The molecule has 0 aliphatic heterocycles. The van der Waals surface area contributed by atoms with Crippen LogP contribution in [0.15, 0.2) is 194 Å². The smallest absolute Gasteiger partial charge is 0.0547 e. The Morgan fingerprint density at radius 2 is 0.648 bits per heavy atom. The Labute approximate surface area is 311 Å². The minimum atomic E-state index is 1.17. The maximum absolute atomic E-state index is 2.51. The molecular weight excluding hydrogens is 653 g/mol. The van der Waals surface area contributed by atoms with Crippen LogP contribution in [0.5, 0.6) is 0 Å². The van der Waals surface area contributed by atoms with E-state index >= 15 is 0 Å². The third-order valence-electron chi connectivity index (χ3n) is 11.7. The lowest BCUT2D eigenvalue weighted by molar-refractivity contribution is 1.18. The minimum Gasteiger partial charge on any atom is -0.309 e. The van der Waals surface area contributed by atoms with Crippen LogP contribution in [0.1, 0.15) is 0 Å². The van der Waals surface area contributed by atoms with Crippen molar-refractivity contribution in [1.29, 1.82) is 0 Å². The van der Waals surface area contributed by atoms with Crippen LogP contribution in [0, 0.1) is 0 Å². The Kier molecular flexibility index (Phi) is 6.09. The van der Waals surface area contributed by atoms with Crippen molar-refractivity contribution in [3.05, 3.63) is 194 Å². The van der Waals surface area contributed by atoms with Crippen LogP contribution in [0.25, 0.3) is 109 Å². The molecule has 250 valence electrons. The molecule has 0 saturated heterocycles. The first kappa shape index (κ1) is 29.4. The molecule has 2 nitrogen and oxygen atoms in total. The lowest BCUT2D eigenvalue weighted by Gasteiger charge is -2.18. The van der Waals surface area contributed by atoms with E-state index in [-0.39, 0.29) is 0 Å². The number of fused-ring (bicyclic) bond motifs is 14. The summed E-state index contributed by atoms with van der Waals surface area (Å²) >= 11 is 0. The SMILES string of the molecule is c1ccc(-n2c3ccccc3c3ccc(-c4ccc5c6ccccc6n(-c6cc7c8ccccc8c8ccccc8c7c7ccccc67)c5c4)cc32)cc1. The van der Waals surface area contributed by atoms with Crippen LogP contribution >= 0.6 is 0 Å². The molecule has 2 aromatic heterocycles. The monoisotopic (exact) mass is 684 g/mol. The largest absolute Gasteiger partial charge is 0.309 e. The van der Waals surface area contributed by atoms with Crippen LogP contribution in [-0.2, 0) is 0 Å². The summed E-state index contributed by atoms with van der Waals surface area (Å²) in [6.45, 7) is 0. The Hall–Kier alpha value is -7.16. The molecule has 12 rings (SSSR count). The van der Waals surface area contributed by atoms with Gasteiger partial charge >= 0.3 is 0 Å². The molecule has 0 radical (unpaired) electrons. The van der Waals surface area contributed by atoms with Gasteiger partial charge in [0, 0.05) is 32.6 Å². The van der Waals surface area contributed by atoms with Gasteiger partial charge in [0.05, 0.1) is 27.8 Å². The van der Waals surface area contributed by atoms with Crippen molar-refractivity contribution < 1.29 is 0 Å². The molecule has 0 amide bonds. The van der Waals surface area contributed by atoms with E-state index in [9.17, 15) is 0 Å². The number of nitrogens with zero attached hydrogens (tertiary/aromatic N) is 2. The molecule has 0 fully saturated rings.